The van der Waals surface area contributed by atoms with Crippen molar-refractivity contribution in [1.82, 2.24) is 19.5 Å². The molecule has 188 valence electrons. The minimum atomic E-state index is -4.45. The van der Waals surface area contributed by atoms with E-state index in [1.54, 1.807) is 28.8 Å². The lowest BCUT2D eigenvalue weighted by Gasteiger charge is -2.17. The monoisotopic (exact) mass is 506 g/mol. The minimum Gasteiger partial charge on any atom is -0.475 e. The van der Waals surface area contributed by atoms with E-state index in [1.165, 1.54) is 12.1 Å². The maximum atomic E-state index is 13.1. The lowest BCUT2D eigenvalue weighted by atomic mass is 10.1. The second kappa shape index (κ2) is 9.20. The number of hydrogen-bond acceptors (Lipinski definition) is 6. The fraction of sp³-hybridized carbons (Fsp3) is 0.269. The van der Waals surface area contributed by atoms with Crippen LogP contribution in [0, 0.1) is 17.2 Å². The number of rotatable bonds is 7. The number of fused-ring (bicyclic) bond motifs is 1. The predicted octanol–water partition coefficient (Wildman–Crippen LogP) is 5.34. The van der Waals surface area contributed by atoms with Gasteiger partial charge in [0.25, 0.3) is 0 Å². The van der Waals surface area contributed by atoms with Crippen molar-refractivity contribution < 1.29 is 23.1 Å². The van der Waals surface area contributed by atoms with Crippen LogP contribution >= 0.6 is 0 Å². The van der Waals surface area contributed by atoms with E-state index in [2.05, 4.69) is 26.3 Å². The lowest BCUT2D eigenvalue weighted by Crippen LogP contribution is -2.20. The maximum Gasteiger partial charge on any atom is 0.416 e. The standard InChI is InChI=1S/C26H21F3N6O2/c1-14(17-8-9-17)31-21-20-22(33-23(32-21)25(36)37)34-24(18-6-2-15(12-30)3-7-18)35(20)13-16-4-10-19(11-5-16)26(27,28)29/h2-7,10-11,14,17H,8-9,13H2,1H3,(H,36,37)(H,31,32,33). The Kier molecular flexibility index (Phi) is 6.03. The first kappa shape index (κ1) is 24.2. The molecule has 0 radical (unpaired) electrons. The zero-order valence-corrected chi connectivity index (χ0v) is 19.6. The smallest absolute Gasteiger partial charge is 0.416 e. The van der Waals surface area contributed by atoms with Gasteiger partial charge in [0.1, 0.15) is 11.3 Å². The summed E-state index contributed by atoms with van der Waals surface area (Å²) in [7, 11) is 0. The third-order valence-corrected chi connectivity index (χ3v) is 6.38. The van der Waals surface area contributed by atoms with Crippen LogP contribution < -0.4 is 5.32 Å². The van der Waals surface area contributed by atoms with Crippen molar-refractivity contribution in [3.8, 4) is 17.5 Å². The summed E-state index contributed by atoms with van der Waals surface area (Å²) in [5.41, 5.74) is 1.48. The van der Waals surface area contributed by atoms with Crippen molar-refractivity contribution in [2.24, 2.45) is 5.92 Å². The molecule has 11 heteroatoms. The lowest BCUT2D eigenvalue weighted by molar-refractivity contribution is -0.137. The van der Waals surface area contributed by atoms with Crippen LogP contribution in [0.15, 0.2) is 48.5 Å². The number of alkyl halides is 3. The Morgan fingerprint density at radius 2 is 1.81 bits per heavy atom. The quantitative estimate of drug-likeness (QED) is 0.347. The van der Waals surface area contributed by atoms with Crippen molar-refractivity contribution in [3.63, 3.8) is 0 Å². The third kappa shape index (κ3) is 4.95. The molecule has 0 spiro atoms. The molecule has 1 fully saturated rings. The molecule has 1 unspecified atom stereocenters. The van der Waals surface area contributed by atoms with Crippen molar-refractivity contribution in [1.29, 1.82) is 5.26 Å². The molecule has 0 amide bonds. The normalized spacial score (nSPS) is 14.4. The predicted molar refractivity (Wildman–Crippen MR) is 129 cm³/mol. The van der Waals surface area contributed by atoms with Gasteiger partial charge in [0.2, 0.25) is 5.82 Å². The molecule has 1 aliphatic rings. The molecule has 4 aromatic rings. The number of halogens is 3. The summed E-state index contributed by atoms with van der Waals surface area (Å²) in [5, 5.41) is 22.1. The van der Waals surface area contributed by atoms with Gasteiger partial charge in [0, 0.05) is 18.2 Å². The average molecular weight is 506 g/mol. The van der Waals surface area contributed by atoms with Crippen LogP contribution in [0.25, 0.3) is 22.6 Å². The van der Waals surface area contributed by atoms with Crippen LogP contribution in [0.4, 0.5) is 19.0 Å². The fourth-order valence-corrected chi connectivity index (χ4v) is 4.21. The summed E-state index contributed by atoms with van der Waals surface area (Å²) in [4.78, 5) is 24.8. The highest BCUT2D eigenvalue weighted by Gasteiger charge is 2.31. The summed E-state index contributed by atoms with van der Waals surface area (Å²) < 4.78 is 41.0. The topological polar surface area (TPSA) is 117 Å². The Morgan fingerprint density at radius 3 is 2.38 bits per heavy atom. The maximum absolute atomic E-state index is 13.1. The summed E-state index contributed by atoms with van der Waals surface area (Å²) in [6.07, 6.45) is -2.35. The number of aromatic nitrogens is 4. The molecule has 1 aliphatic carbocycles. The molecule has 0 saturated heterocycles. The molecule has 5 rings (SSSR count). The molecule has 2 heterocycles. The molecule has 8 nitrogen and oxygen atoms in total. The van der Waals surface area contributed by atoms with E-state index in [1.807, 2.05) is 6.92 Å². The number of hydrogen-bond donors (Lipinski definition) is 2. The van der Waals surface area contributed by atoms with E-state index in [0.717, 1.165) is 25.0 Å². The number of nitrogens with zero attached hydrogens (tertiary/aromatic N) is 5. The number of carbonyl (C=O) groups is 1. The number of aromatic carboxylic acids is 1. The van der Waals surface area contributed by atoms with Crippen LogP contribution in [-0.4, -0.2) is 36.6 Å². The van der Waals surface area contributed by atoms with E-state index in [4.69, 9.17) is 5.26 Å². The number of anilines is 1. The molecule has 0 aliphatic heterocycles. The molecule has 0 bridgehead atoms. The molecule has 1 atom stereocenters. The van der Waals surface area contributed by atoms with Gasteiger partial charge in [-0.05, 0) is 67.6 Å². The number of carboxylic acid groups (broad SMARTS) is 1. The number of nitriles is 1. The summed E-state index contributed by atoms with van der Waals surface area (Å²) in [6, 6.07) is 13.5. The Balaban J connectivity index is 1.68. The second-order valence-corrected chi connectivity index (χ2v) is 9.05. The van der Waals surface area contributed by atoms with E-state index < -0.39 is 23.5 Å². The van der Waals surface area contributed by atoms with Gasteiger partial charge in [0.05, 0.1) is 17.2 Å². The van der Waals surface area contributed by atoms with Crippen molar-refractivity contribution in [2.45, 2.75) is 38.5 Å². The van der Waals surface area contributed by atoms with Gasteiger partial charge in [-0.1, -0.05) is 12.1 Å². The summed E-state index contributed by atoms with van der Waals surface area (Å²) >= 11 is 0. The molecule has 2 N–H and O–H groups in total. The van der Waals surface area contributed by atoms with E-state index >= 15 is 0 Å². The first-order valence-electron chi connectivity index (χ1n) is 11.6. The van der Waals surface area contributed by atoms with Crippen molar-refractivity contribution in [2.75, 3.05) is 5.32 Å². The van der Waals surface area contributed by atoms with Crippen molar-refractivity contribution >= 4 is 23.0 Å². The second-order valence-electron chi connectivity index (χ2n) is 9.05. The molecule has 2 aromatic carbocycles. The average Bonchev–Trinajstić information content (AvgIpc) is 3.66. The van der Waals surface area contributed by atoms with Gasteiger partial charge in [-0.25, -0.2) is 19.7 Å². The van der Waals surface area contributed by atoms with E-state index in [-0.39, 0.29) is 18.2 Å². The minimum absolute atomic E-state index is 0.0209. The Morgan fingerprint density at radius 1 is 1.14 bits per heavy atom. The van der Waals surface area contributed by atoms with Gasteiger partial charge >= 0.3 is 12.1 Å². The van der Waals surface area contributed by atoms with Gasteiger partial charge in [0.15, 0.2) is 11.5 Å². The highest BCUT2D eigenvalue weighted by Crippen LogP contribution is 2.36. The Bertz CT molecular complexity index is 1520. The van der Waals surface area contributed by atoms with E-state index in [0.29, 0.717) is 39.8 Å². The third-order valence-electron chi connectivity index (χ3n) is 6.38. The number of carboxylic acids is 1. The molecule has 37 heavy (non-hydrogen) atoms. The molecular weight excluding hydrogens is 485 g/mol. The zero-order valence-electron chi connectivity index (χ0n) is 19.6. The number of imidazole rings is 1. The first-order chi connectivity index (χ1) is 17.6. The highest BCUT2D eigenvalue weighted by molar-refractivity contribution is 5.92. The fourth-order valence-electron chi connectivity index (χ4n) is 4.21. The highest BCUT2D eigenvalue weighted by atomic mass is 19.4. The van der Waals surface area contributed by atoms with Gasteiger partial charge in [-0.3, -0.25) is 0 Å². The van der Waals surface area contributed by atoms with Gasteiger partial charge in [-0.2, -0.15) is 18.4 Å². The van der Waals surface area contributed by atoms with E-state index in [9.17, 15) is 23.1 Å². The SMILES string of the molecule is CC(Nc1nc(C(=O)O)nc2nc(-c3ccc(C#N)cc3)n(Cc3ccc(C(F)(F)F)cc3)c12)C1CC1. The summed E-state index contributed by atoms with van der Waals surface area (Å²) in [5.74, 6) is -0.577. The van der Waals surface area contributed by atoms with Gasteiger partial charge in [-0.15, -0.1) is 0 Å². The zero-order chi connectivity index (χ0) is 26.3. The Labute approximate surface area is 209 Å². The molecule has 2 aromatic heterocycles. The molecule has 1 saturated carbocycles. The number of nitrogens with one attached hydrogen (secondary N) is 1. The number of benzene rings is 2. The van der Waals surface area contributed by atoms with Crippen LogP contribution in [0.1, 0.15) is 47.1 Å². The molecular formula is C26H21F3N6O2. The largest absolute Gasteiger partial charge is 0.475 e. The summed E-state index contributed by atoms with van der Waals surface area (Å²) in [6.45, 7) is 2.12. The van der Waals surface area contributed by atoms with Gasteiger partial charge < -0.3 is 15.0 Å². The van der Waals surface area contributed by atoms with Crippen LogP contribution in [0.2, 0.25) is 0 Å². The van der Waals surface area contributed by atoms with Crippen LogP contribution in [0.5, 0.6) is 0 Å². The van der Waals surface area contributed by atoms with Crippen molar-refractivity contribution in [3.05, 3.63) is 71.0 Å². The first-order valence-corrected chi connectivity index (χ1v) is 11.6. The van der Waals surface area contributed by atoms with Crippen LogP contribution in [0.3, 0.4) is 0 Å². The van der Waals surface area contributed by atoms with Crippen LogP contribution in [-0.2, 0) is 12.7 Å². The Hall–Kier alpha value is -4.46.